The van der Waals surface area contributed by atoms with Crippen LogP contribution in [0.2, 0.25) is 0 Å². The molecule has 0 unspecified atom stereocenters. The van der Waals surface area contributed by atoms with E-state index in [0.717, 1.165) is 36.6 Å². The Hall–Kier alpha value is -3.72. The number of ether oxygens (including phenoxy) is 1. The lowest BCUT2D eigenvalue weighted by atomic mass is 10.1. The van der Waals surface area contributed by atoms with Gasteiger partial charge in [0.15, 0.2) is 11.6 Å². The molecular formula is C23H27N7O2. The third kappa shape index (κ3) is 5.50. The van der Waals surface area contributed by atoms with Gasteiger partial charge in [0.05, 0.1) is 12.4 Å². The van der Waals surface area contributed by atoms with Crippen molar-refractivity contribution in [2.45, 2.75) is 20.4 Å². The Morgan fingerprint density at radius 2 is 1.88 bits per heavy atom. The molecule has 3 heterocycles. The fraction of sp³-hybridized carbons (Fsp3) is 0.304. The molecule has 1 amide bonds. The first-order chi connectivity index (χ1) is 15.5. The number of piperazine rings is 1. The van der Waals surface area contributed by atoms with E-state index < -0.39 is 0 Å². The van der Waals surface area contributed by atoms with E-state index in [9.17, 15) is 4.79 Å². The molecule has 0 radical (unpaired) electrons. The van der Waals surface area contributed by atoms with Crippen LogP contribution in [0.3, 0.4) is 0 Å². The number of amides is 1. The Morgan fingerprint density at radius 1 is 1.12 bits per heavy atom. The van der Waals surface area contributed by atoms with Crippen LogP contribution in [0.25, 0.3) is 0 Å². The molecule has 1 fully saturated rings. The second kappa shape index (κ2) is 9.61. The van der Waals surface area contributed by atoms with Crippen LogP contribution in [0.5, 0.6) is 11.5 Å². The molecule has 1 aliphatic rings. The number of carbonyl (C=O) groups is 1. The number of hydrogen-bond donors (Lipinski definition) is 1. The predicted molar refractivity (Wildman–Crippen MR) is 122 cm³/mol. The van der Waals surface area contributed by atoms with Crippen molar-refractivity contribution in [1.82, 2.24) is 29.5 Å². The Morgan fingerprint density at radius 3 is 2.59 bits per heavy atom. The summed E-state index contributed by atoms with van der Waals surface area (Å²) >= 11 is 0. The Bertz CT molecular complexity index is 1090. The second-order valence-electron chi connectivity index (χ2n) is 7.93. The molecule has 166 valence electrons. The van der Waals surface area contributed by atoms with Gasteiger partial charge in [0, 0.05) is 50.7 Å². The van der Waals surface area contributed by atoms with Gasteiger partial charge >= 0.3 is 6.03 Å². The largest absolute Gasteiger partial charge is 0.454 e. The summed E-state index contributed by atoms with van der Waals surface area (Å²) in [6.45, 7) is 11.4. The summed E-state index contributed by atoms with van der Waals surface area (Å²) in [7, 11) is 0. The average Bonchev–Trinajstić information content (AvgIpc) is 3.22. The van der Waals surface area contributed by atoms with Crippen molar-refractivity contribution < 1.29 is 9.53 Å². The summed E-state index contributed by atoms with van der Waals surface area (Å²) in [6.07, 6.45) is 6.43. The Kier molecular flexibility index (Phi) is 6.46. The van der Waals surface area contributed by atoms with E-state index in [0.29, 0.717) is 24.7 Å². The minimum Gasteiger partial charge on any atom is -0.454 e. The minimum absolute atomic E-state index is 0.115. The fourth-order valence-corrected chi connectivity index (χ4v) is 3.67. The van der Waals surface area contributed by atoms with Crippen molar-refractivity contribution >= 4 is 11.8 Å². The normalized spacial score (nSPS) is 14.2. The number of aromatic nitrogens is 4. The van der Waals surface area contributed by atoms with Gasteiger partial charge in [-0.15, -0.1) is 5.10 Å². The van der Waals surface area contributed by atoms with Crippen LogP contribution in [0.1, 0.15) is 18.1 Å². The minimum atomic E-state index is -0.115. The standard InChI is InChI=1S/C23H27N7O2/c1-17(2)26-22-4-5-30(27-22)23(31)29-8-6-28(7-9-29)15-19-10-18(3)11-20(12-19)32-21-13-24-16-25-14-21/h4-5,10-14,16H,1,6-9,15H2,2-3H3,(H,26,27). The van der Waals surface area contributed by atoms with Crippen molar-refractivity contribution in [1.29, 1.82) is 0 Å². The van der Waals surface area contributed by atoms with Crippen LogP contribution in [-0.2, 0) is 6.54 Å². The lowest BCUT2D eigenvalue weighted by Crippen LogP contribution is -2.49. The second-order valence-corrected chi connectivity index (χ2v) is 7.93. The molecule has 0 bridgehead atoms. The zero-order chi connectivity index (χ0) is 22.5. The van der Waals surface area contributed by atoms with Crippen LogP contribution >= 0.6 is 0 Å². The van der Waals surface area contributed by atoms with Crippen molar-refractivity contribution in [3.63, 3.8) is 0 Å². The highest BCUT2D eigenvalue weighted by Crippen LogP contribution is 2.24. The zero-order valence-corrected chi connectivity index (χ0v) is 18.4. The summed E-state index contributed by atoms with van der Waals surface area (Å²) < 4.78 is 7.27. The fourth-order valence-electron chi connectivity index (χ4n) is 3.67. The highest BCUT2D eigenvalue weighted by molar-refractivity contribution is 5.76. The van der Waals surface area contributed by atoms with E-state index >= 15 is 0 Å². The number of allylic oxidation sites excluding steroid dienone is 1. The zero-order valence-electron chi connectivity index (χ0n) is 18.4. The Labute approximate surface area is 187 Å². The van der Waals surface area contributed by atoms with Gasteiger partial charge in [-0.1, -0.05) is 12.6 Å². The molecule has 3 aromatic rings. The smallest absolute Gasteiger partial charge is 0.344 e. The van der Waals surface area contributed by atoms with Crippen molar-refractivity contribution in [3.05, 3.63) is 72.6 Å². The van der Waals surface area contributed by atoms with E-state index in [2.05, 4.69) is 44.9 Å². The van der Waals surface area contributed by atoms with Gasteiger partial charge < -0.3 is 15.0 Å². The lowest BCUT2D eigenvalue weighted by Gasteiger charge is -2.34. The van der Waals surface area contributed by atoms with E-state index in [-0.39, 0.29) is 6.03 Å². The van der Waals surface area contributed by atoms with Gasteiger partial charge in [0.2, 0.25) is 0 Å². The summed E-state index contributed by atoms with van der Waals surface area (Å²) in [5, 5.41) is 7.30. The highest BCUT2D eigenvalue weighted by Gasteiger charge is 2.23. The van der Waals surface area contributed by atoms with E-state index in [1.54, 1.807) is 24.7 Å². The SMILES string of the molecule is C=C(C)Nc1ccn(C(=O)N2CCN(Cc3cc(C)cc(Oc4cncnc4)c3)CC2)n1. The number of hydrogen-bond acceptors (Lipinski definition) is 7. The van der Waals surface area contributed by atoms with Crippen molar-refractivity contribution in [2.75, 3.05) is 31.5 Å². The van der Waals surface area contributed by atoms with Gasteiger partial charge in [0.1, 0.15) is 12.1 Å². The summed E-state index contributed by atoms with van der Waals surface area (Å²) in [5.74, 6) is 1.99. The number of carbonyl (C=O) groups excluding carboxylic acids is 1. The van der Waals surface area contributed by atoms with Crippen LogP contribution in [0, 0.1) is 6.92 Å². The van der Waals surface area contributed by atoms with E-state index in [4.69, 9.17) is 4.74 Å². The number of rotatable bonds is 6. The molecule has 9 nitrogen and oxygen atoms in total. The molecule has 4 rings (SSSR count). The quantitative estimate of drug-likeness (QED) is 0.636. The molecule has 1 aromatic carbocycles. The molecule has 0 spiro atoms. The van der Waals surface area contributed by atoms with Crippen LogP contribution in [0.4, 0.5) is 10.6 Å². The van der Waals surface area contributed by atoms with Crippen LogP contribution < -0.4 is 10.1 Å². The predicted octanol–water partition coefficient (Wildman–Crippen LogP) is 3.51. The molecule has 1 aliphatic heterocycles. The summed E-state index contributed by atoms with van der Waals surface area (Å²) in [5.41, 5.74) is 3.07. The van der Waals surface area contributed by atoms with Crippen LogP contribution in [-0.4, -0.2) is 61.8 Å². The summed E-state index contributed by atoms with van der Waals surface area (Å²) in [6, 6.07) is 7.84. The third-order valence-electron chi connectivity index (χ3n) is 5.06. The number of nitrogens with one attached hydrogen (secondary N) is 1. The topological polar surface area (TPSA) is 88.4 Å². The number of anilines is 1. The van der Waals surface area contributed by atoms with Gasteiger partial charge in [-0.2, -0.15) is 4.68 Å². The molecule has 32 heavy (non-hydrogen) atoms. The number of nitrogens with zero attached hydrogens (tertiary/aromatic N) is 6. The molecule has 0 aliphatic carbocycles. The van der Waals surface area contributed by atoms with Gasteiger partial charge in [-0.3, -0.25) is 4.90 Å². The lowest BCUT2D eigenvalue weighted by molar-refractivity contribution is 0.134. The Balaban J connectivity index is 1.33. The highest BCUT2D eigenvalue weighted by atomic mass is 16.5. The van der Waals surface area contributed by atoms with Crippen molar-refractivity contribution in [2.24, 2.45) is 0 Å². The van der Waals surface area contributed by atoms with E-state index in [1.165, 1.54) is 16.6 Å². The maximum absolute atomic E-state index is 12.8. The molecule has 9 heteroatoms. The van der Waals surface area contributed by atoms with Gasteiger partial charge in [0.25, 0.3) is 0 Å². The number of aryl methyl sites for hydroxylation is 1. The molecular weight excluding hydrogens is 406 g/mol. The molecule has 1 N–H and O–H groups in total. The molecule has 2 aromatic heterocycles. The summed E-state index contributed by atoms with van der Waals surface area (Å²) in [4.78, 5) is 24.9. The maximum Gasteiger partial charge on any atom is 0.344 e. The van der Waals surface area contributed by atoms with Gasteiger partial charge in [-0.05, 0) is 37.1 Å². The molecule has 0 saturated carbocycles. The first-order valence-electron chi connectivity index (χ1n) is 10.5. The number of benzene rings is 1. The van der Waals surface area contributed by atoms with Crippen molar-refractivity contribution in [3.8, 4) is 11.5 Å². The molecule has 0 atom stereocenters. The monoisotopic (exact) mass is 433 g/mol. The average molecular weight is 434 g/mol. The third-order valence-corrected chi connectivity index (χ3v) is 5.06. The van der Waals surface area contributed by atoms with E-state index in [1.807, 2.05) is 24.0 Å². The maximum atomic E-state index is 12.8. The molecule has 1 saturated heterocycles. The first kappa shape index (κ1) is 21.5. The van der Waals surface area contributed by atoms with Crippen LogP contribution in [0.15, 0.2) is 61.5 Å². The first-order valence-corrected chi connectivity index (χ1v) is 10.5. The van der Waals surface area contributed by atoms with Gasteiger partial charge in [-0.25, -0.2) is 14.8 Å².